The van der Waals surface area contributed by atoms with Gasteiger partial charge in [-0.05, 0) is 37.6 Å². The summed E-state index contributed by atoms with van der Waals surface area (Å²) in [7, 11) is 0. The van der Waals surface area contributed by atoms with Crippen LogP contribution in [0.2, 0.25) is 0 Å². The Balaban J connectivity index is 1.98. The molecule has 4 nitrogen and oxygen atoms in total. The topological polar surface area (TPSA) is 49.2 Å². The molecule has 5 heteroatoms. The van der Waals surface area contributed by atoms with Gasteiger partial charge in [-0.3, -0.25) is 0 Å². The minimum atomic E-state index is -0.0809. The molecule has 1 aliphatic heterocycles. The summed E-state index contributed by atoms with van der Waals surface area (Å²) in [5.41, 5.74) is 0.939. The molecule has 0 aromatic carbocycles. The highest BCUT2D eigenvalue weighted by Crippen LogP contribution is 2.37. The van der Waals surface area contributed by atoms with E-state index in [2.05, 4.69) is 26.8 Å². The van der Waals surface area contributed by atoms with Crippen LogP contribution in [0.3, 0.4) is 0 Å². The van der Waals surface area contributed by atoms with Crippen molar-refractivity contribution in [1.82, 2.24) is 9.97 Å². The Hall–Kier alpha value is -1.46. The maximum absolute atomic E-state index is 9.86. The lowest BCUT2D eigenvalue weighted by molar-refractivity contribution is 0.108. The van der Waals surface area contributed by atoms with Crippen LogP contribution in [0.5, 0.6) is 0 Å². The van der Waals surface area contributed by atoms with Crippen LogP contribution in [0.15, 0.2) is 24.1 Å². The summed E-state index contributed by atoms with van der Waals surface area (Å²) in [6.07, 6.45) is 4.89. The maximum Gasteiger partial charge on any atom is 0.150 e. The van der Waals surface area contributed by atoms with Crippen LogP contribution in [0.4, 0.5) is 5.82 Å². The van der Waals surface area contributed by atoms with Crippen LogP contribution in [0, 0.1) is 12.3 Å². The number of nitrogens with zero attached hydrogens (tertiary/aromatic N) is 3. The zero-order valence-corrected chi connectivity index (χ0v) is 13.2. The molecule has 1 atom stereocenters. The predicted molar refractivity (Wildman–Crippen MR) is 87.9 cm³/mol. The van der Waals surface area contributed by atoms with E-state index in [1.54, 1.807) is 11.3 Å². The third-order valence-corrected chi connectivity index (χ3v) is 5.17. The number of anilines is 1. The minimum absolute atomic E-state index is 0.0809. The molecule has 1 fully saturated rings. The third-order valence-electron chi connectivity index (χ3n) is 4.27. The summed E-state index contributed by atoms with van der Waals surface area (Å²) in [5.74, 6) is 1.83. The second-order valence-corrected chi connectivity index (χ2v) is 6.82. The molecule has 1 aliphatic rings. The van der Waals surface area contributed by atoms with E-state index in [1.165, 1.54) is 0 Å². The summed E-state index contributed by atoms with van der Waals surface area (Å²) in [5, 5.41) is 11.9. The summed E-state index contributed by atoms with van der Waals surface area (Å²) < 4.78 is 1.15. The van der Waals surface area contributed by atoms with Gasteiger partial charge >= 0.3 is 0 Å². The van der Waals surface area contributed by atoms with Crippen LogP contribution >= 0.6 is 11.3 Å². The van der Waals surface area contributed by atoms with E-state index in [9.17, 15) is 5.11 Å². The third kappa shape index (κ3) is 2.68. The SMILES string of the molecule is C=CC[C@@]1(CO)CCCN(c2nc(C)nc3ccsc23)C1. The van der Waals surface area contributed by atoms with Gasteiger partial charge < -0.3 is 10.0 Å². The van der Waals surface area contributed by atoms with Gasteiger partial charge in [0.2, 0.25) is 0 Å². The van der Waals surface area contributed by atoms with Gasteiger partial charge in [0, 0.05) is 18.5 Å². The standard InChI is InChI=1S/C16H21N3OS/c1-3-6-16(11-20)7-4-8-19(10-16)15-14-13(5-9-21-14)17-12(2)18-15/h3,5,9,20H,1,4,6-8,10-11H2,2H3/t16-/m1/s1. The Labute approximate surface area is 129 Å². The van der Waals surface area contributed by atoms with Gasteiger partial charge in [0.25, 0.3) is 0 Å². The number of aliphatic hydroxyl groups is 1. The van der Waals surface area contributed by atoms with Gasteiger partial charge in [-0.25, -0.2) is 9.97 Å². The van der Waals surface area contributed by atoms with Crippen LogP contribution < -0.4 is 4.90 Å². The fourth-order valence-electron chi connectivity index (χ4n) is 3.23. The number of hydrogen-bond acceptors (Lipinski definition) is 5. The van der Waals surface area contributed by atoms with Gasteiger partial charge in [0.05, 0.1) is 16.8 Å². The Bertz CT molecular complexity index is 654. The number of rotatable bonds is 4. The van der Waals surface area contributed by atoms with Crippen molar-refractivity contribution in [3.05, 3.63) is 29.9 Å². The predicted octanol–water partition coefficient (Wildman–Crippen LogP) is 3.15. The lowest BCUT2D eigenvalue weighted by Crippen LogP contribution is -2.45. The first kappa shape index (κ1) is 14.5. The lowest BCUT2D eigenvalue weighted by Gasteiger charge is -2.42. The molecule has 21 heavy (non-hydrogen) atoms. The average Bonchev–Trinajstić information content (AvgIpc) is 2.95. The molecule has 3 heterocycles. The number of hydrogen-bond donors (Lipinski definition) is 1. The summed E-state index contributed by atoms with van der Waals surface area (Å²) >= 11 is 1.69. The van der Waals surface area contributed by atoms with Crippen molar-refractivity contribution in [3.8, 4) is 0 Å². The van der Waals surface area contributed by atoms with Gasteiger partial charge in [-0.1, -0.05) is 6.08 Å². The van der Waals surface area contributed by atoms with Crippen LogP contribution in [-0.4, -0.2) is 34.8 Å². The van der Waals surface area contributed by atoms with Gasteiger partial charge in [-0.2, -0.15) is 0 Å². The first-order valence-electron chi connectivity index (χ1n) is 7.36. The quantitative estimate of drug-likeness (QED) is 0.882. The zero-order chi connectivity index (χ0) is 14.9. The van der Waals surface area contributed by atoms with E-state index in [-0.39, 0.29) is 12.0 Å². The Kier molecular flexibility index (Phi) is 3.95. The second kappa shape index (κ2) is 5.73. The number of piperidine rings is 1. The molecule has 0 spiro atoms. The van der Waals surface area contributed by atoms with Crippen molar-refractivity contribution in [1.29, 1.82) is 0 Å². The highest BCUT2D eigenvalue weighted by atomic mass is 32.1. The first-order chi connectivity index (χ1) is 10.2. The van der Waals surface area contributed by atoms with Crippen molar-refractivity contribution in [3.63, 3.8) is 0 Å². The van der Waals surface area contributed by atoms with Crippen molar-refractivity contribution in [2.75, 3.05) is 24.6 Å². The normalized spacial score (nSPS) is 22.7. The molecule has 0 unspecified atom stereocenters. The Morgan fingerprint density at radius 2 is 2.38 bits per heavy atom. The van der Waals surface area contributed by atoms with Crippen LogP contribution in [0.1, 0.15) is 25.1 Å². The monoisotopic (exact) mass is 303 g/mol. The summed E-state index contributed by atoms with van der Waals surface area (Å²) in [6.45, 7) is 7.81. The van der Waals surface area contributed by atoms with E-state index < -0.39 is 0 Å². The van der Waals surface area contributed by atoms with Crippen molar-refractivity contribution >= 4 is 27.4 Å². The van der Waals surface area contributed by atoms with E-state index in [1.807, 2.05) is 19.1 Å². The molecule has 112 valence electrons. The zero-order valence-electron chi connectivity index (χ0n) is 12.4. The fourth-order valence-corrected chi connectivity index (χ4v) is 4.08. The Morgan fingerprint density at radius 3 is 3.14 bits per heavy atom. The van der Waals surface area contributed by atoms with E-state index in [0.717, 1.165) is 54.2 Å². The summed E-state index contributed by atoms with van der Waals surface area (Å²) in [6, 6.07) is 2.05. The molecule has 0 amide bonds. The van der Waals surface area contributed by atoms with E-state index in [0.29, 0.717) is 0 Å². The van der Waals surface area contributed by atoms with Crippen molar-refractivity contribution in [2.24, 2.45) is 5.41 Å². The fraction of sp³-hybridized carbons (Fsp3) is 0.500. The highest BCUT2D eigenvalue weighted by molar-refractivity contribution is 7.17. The molecular weight excluding hydrogens is 282 g/mol. The molecule has 1 N–H and O–H groups in total. The number of fused-ring (bicyclic) bond motifs is 1. The van der Waals surface area contributed by atoms with Crippen molar-refractivity contribution in [2.45, 2.75) is 26.2 Å². The summed E-state index contributed by atoms with van der Waals surface area (Å²) in [4.78, 5) is 11.5. The van der Waals surface area contributed by atoms with Gasteiger partial charge in [0.1, 0.15) is 11.6 Å². The van der Waals surface area contributed by atoms with E-state index >= 15 is 0 Å². The molecule has 0 bridgehead atoms. The second-order valence-electron chi connectivity index (χ2n) is 5.91. The number of thiophene rings is 1. The largest absolute Gasteiger partial charge is 0.396 e. The highest BCUT2D eigenvalue weighted by Gasteiger charge is 2.35. The van der Waals surface area contributed by atoms with Crippen LogP contribution in [-0.2, 0) is 0 Å². The molecule has 3 rings (SSSR count). The number of allylic oxidation sites excluding steroid dienone is 1. The first-order valence-corrected chi connectivity index (χ1v) is 8.24. The molecular formula is C16H21N3OS. The molecule has 0 aliphatic carbocycles. The van der Waals surface area contributed by atoms with Gasteiger partial charge in [0.15, 0.2) is 0 Å². The van der Waals surface area contributed by atoms with Crippen molar-refractivity contribution < 1.29 is 5.11 Å². The smallest absolute Gasteiger partial charge is 0.150 e. The Morgan fingerprint density at radius 1 is 1.52 bits per heavy atom. The molecule has 2 aromatic heterocycles. The number of aliphatic hydroxyl groups excluding tert-OH is 1. The molecule has 0 radical (unpaired) electrons. The maximum atomic E-state index is 9.86. The average molecular weight is 303 g/mol. The number of aromatic nitrogens is 2. The van der Waals surface area contributed by atoms with E-state index in [4.69, 9.17) is 0 Å². The molecule has 2 aromatic rings. The number of aryl methyl sites for hydroxylation is 1. The molecule has 0 saturated carbocycles. The van der Waals surface area contributed by atoms with Gasteiger partial charge in [-0.15, -0.1) is 17.9 Å². The van der Waals surface area contributed by atoms with Crippen LogP contribution in [0.25, 0.3) is 10.2 Å². The molecule has 1 saturated heterocycles. The minimum Gasteiger partial charge on any atom is -0.396 e. The lowest BCUT2D eigenvalue weighted by atomic mass is 9.78.